The smallest absolute Gasteiger partial charge is 0.322 e. The van der Waals surface area contributed by atoms with Crippen LogP contribution < -0.4 is 9.64 Å². The molecular weight excluding hydrogens is 244 g/mol. The minimum absolute atomic E-state index is 0.120. The van der Waals surface area contributed by atoms with Crippen LogP contribution in [0.5, 0.6) is 6.01 Å². The fourth-order valence-corrected chi connectivity index (χ4v) is 1.67. The average molecular weight is 261 g/mol. The van der Waals surface area contributed by atoms with Gasteiger partial charge in [-0.25, -0.2) is 0 Å². The molecule has 0 amide bonds. The van der Waals surface area contributed by atoms with E-state index in [-0.39, 0.29) is 17.3 Å². The lowest BCUT2D eigenvalue weighted by atomic mass is 10.3. The number of aromatic nitrogens is 3. The summed E-state index contributed by atoms with van der Waals surface area (Å²) in [4.78, 5) is 14.1. The second-order valence-electron chi connectivity index (χ2n) is 3.48. The summed E-state index contributed by atoms with van der Waals surface area (Å²) in [5, 5.41) is 0.120. The first-order valence-electron chi connectivity index (χ1n) is 5.33. The standard InChI is InChI=1S/C10H17ClN4O2/c1-5-15(7(2)6-16-3)9-12-8(11)13-10(14-9)17-4/h7H,5-6H2,1-4H3. The van der Waals surface area contributed by atoms with Gasteiger partial charge in [-0.1, -0.05) is 0 Å². The van der Waals surface area contributed by atoms with E-state index < -0.39 is 0 Å². The van der Waals surface area contributed by atoms with Crippen molar-refractivity contribution in [2.24, 2.45) is 0 Å². The molecule has 1 aromatic rings. The van der Waals surface area contributed by atoms with Gasteiger partial charge in [0.25, 0.3) is 0 Å². The molecule has 6 nitrogen and oxygen atoms in total. The molecule has 0 aliphatic heterocycles. The van der Waals surface area contributed by atoms with Gasteiger partial charge in [0, 0.05) is 13.7 Å². The summed E-state index contributed by atoms with van der Waals surface area (Å²) >= 11 is 5.81. The molecule has 0 radical (unpaired) electrons. The fraction of sp³-hybridized carbons (Fsp3) is 0.700. The molecule has 96 valence electrons. The molecule has 1 rings (SSSR count). The highest BCUT2D eigenvalue weighted by atomic mass is 35.5. The molecule has 7 heteroatoms. The van der Waals surface area contributed by atoms with Crippen LogP contribution in [-0.2, 0) is 4.74 Å². The number of ether oxygens (including phenoxy) is 2. The SMILES string of the molecule is CCN(c1nc(Cl)nc(OC)n1)C(C)COC. The molecule has 0 aliphatic rings. The highest BCUT2D eigenvalue weighted by molar-refractivity contribution is 6.28. The molecule has 17 heavy (non-hydrogen) atoms. The Bertz CT molecular complexity index is 364. The van der Waals surface area contributed by atoms with Gasteiger partial charge in [0.15, 0.2) is 0 Å². The van der Waals surface area contributed by atoms with Crippen molar-refractivity contribution in [3.63, 3.8) is 0 Å². The Morgan fingerprint density at radius 2 is 2.00 bits per heavy atom. The van der Waals surface area contributed by atoms with E-state index in [4.69, 9.17) is 21.1 Å². The van der Waals surface area contributed by atoms with Gasteiger partial charge in [0.2, 0.25) is 11.2 Å². The summed E-state index contributed by atoms with van der Waals surface area (Å²) in [6, 6.07) is 0.358. The molecule has 0 spiro atoms. The van der Waals surface area contributed by atoms with E-state index in [0.717, 1.165) is 6.54 Å². The molecule has 0 aliphatic carbocycles. The quantitative estimate of drug-likeness (QED) is 0.770. The zero-order valence-electron chi connectivity index (χ0n) is 10.5. The van der Waals surface area contributed by atoms with E-state index in [0.29, 0.717) is 12.6 Å². The predicted molar refractivity (Wildman–Crippen MR) is 65.7 cm³/mol. The normalized spacial score (nSPS) is 12.3. The van der Waals surface area contributed by atoms with Crippen LogP contribution in [0, 0.1) is 0 Å². The summed E-state index contributed by atoms with van der Waals surface area (Å²) in [7, 11) is 3.15. The van der Waals surface area contributed by atoms with Crippen LogP contribution in [0.1, 0.15) is 13.8 Å². The molecule has 1 heterocycles. The lowest BCUT2D eigenvalue weighted by molar-refractivity contribution is 0.181. The molecular formula is C10H17ClN4O2. The van der Waals surface area contributed by atoms with E-state index >= 15 is 0 Å². The third kappa shape index (κ3) is 3.67. The Morgan fingerprint density at radius 1 is 1.29 bits per heavy atom. The van der Waals surface area contributed by atoms with Crippen LogP contribution >= 0.6 is 11.6 Å². The summed E-state index contributed by atoms with van der Waals surface area (Å²) in [6.45, 7) is 5.36. The van der Waals surface area contributed by atoms with Crippen LogP contribution in [0.15, 0.2) is 0 Å². The number of anilines is 1. The van der Waals surface area contributed by atoms with Crippen molar-refractivity contribution in [2.75, 3.05) is 32.3 Å². The molecule has 1 atom stereocenters. The summed E-state index contributed by atoms with van der Waals surface area (Å²) in [6.07, 6.45) is 0. The molecule has 0 bridgehead atoms. The fourth-order valence-electron chi connectivity index (χ4n) is 1.52. The van der Waals surface area contributed by atoms with Gasteiger partial charge in [-0.2, -0.15) is 15.0 Å². The van der Waals surface area contributed by atoms with E-state index in [1.54, 1.807) is 7.11 Å². The first kappa shape index (κ1) is 13.9. The van der Waals surface area contributed by atoms with Crippen molar-refractivity contribution < 1.29 is 9.47 Å². The minimum Gasteiger partial charge on any atom is -0.467 e. The first-order valence-corrected chi connectivity index (χ1v) is 5.71. The highest BCUT2D eigenvalue weighted by Gasteiger charge is 2.17. The topological polar surface area (TPSA) is 60.4 Å². The molecule has 0 saturated carbocycles. The number of nitrogens with zero attached hydrogens (tertiary/aromatic N) is 4. The second kappa shape index (κ2) is 6.56. The number of rotatable bonds is 6. The van der Waals surface area contributed by atoms with Gasteiger partial charge in [-0.3, -0.25) is 0 Å². The minimum atomic E-state index is 0.120. The first-order chi connectivity index (χ1) is 8.12. The monoisotopic (exact) mass is 260 g/mol. The van der Waals surface area contributed by atoms with Gasteiger partial charge in [0.1, 0.15) is 0 Å². The van der Waals surface area contributed by atoms with Crippen molar-refractivity contribution in [1.29, 1.82) is 0 Å². The maximum absolute atomic E-state index is 5.81. The van der Waals surface area contributed by atoms with E-state index in [9.17, 15) is 0 Å². The summed E-state index contributed by atoms with van der Waals surface area (Å²) in [5.41, 5.74) is 0. The molecule has 0 saturated heterocycles. The Labute approximate surface area is 106 Å². The number of likely N-dealkylation sites (N-methyl/N-ethyl adjacent to an activating group) is 1. The highest BCUT2D eigenvalue weighted by Crippen LogP contribution is 2.16. The molecule has 1 aromatic heterocycles. The number of hydrogen-bond donors (Lipinski definition) is 0. The average Bonchev–Trinajstić information content (AvgIpc) is 2.29. The molecule has 0 aromatic carbocycles. The van der Waals surface area contributed by atoms with Crippen LogP contribution in [-0.4, -0.2) is 48.4 Å². The Morgan fingerprint density at radius 3 is 2.53 bits per heavy atom. The van der Waals surface area contributed by atoms with Crippen molar-refractivity contribution in [3.05, 3.63) is 5.28 Å². The summed E-state index contributed by atoms with van der Waals surface area (Å²) in [5.74, 6) is 0.494. The van der Waals surface area contributed by atoms with E-state index in [1.807, 2.05) is 18.7 Å². The maximum atomic E-state index is 5.81. The Hall–Kier alpha value is -1.14. The van der Waals surface area contributed by atoms with Gasteiger partial charge in [-0.15, -0.1) is 0 Å². The Kier molecular flexibility index (Phi) is 5.37. The lowest BCUT2D eigenvalue weighted by Gasteiger charge is -2.27. The van der Waals surface area contributed by atoms with Gasteiger partial charge in [0.05, 0.1) is 19.8 Å². The molecule has 0 fully saturated rings. The van der Waals surface area contributed by atoms with Crippen molar-refractivity contribution in [1.82, 2.24) is 15.0 Å². The second-order valence-corrected chi connectivity index (χ2v) is 3.82. The van der Waals surface area contributed by atoms with Crippen LogP contribution in [0.2, 0.25) is 5.28 Å². The zero-order chi connectivity index (χ0) is 12.8. The third-order valence-electron chi connectivity index (χ3n) is 2.30. The summed E-state index contributed by atoms with van der Waals surface area (Å²) < 4.78 is 10.1. The van der Waals surface area contributed by atoms with Crippen molar-refractivity contribution >= 4 is 17.5 Å². The zero-order valence-corrected chi connectivity index (χ0v) is 11.2. The van der Waals surface area contributed by atoms with Crippen LogP contribution in [0.3, 0.4) is 0 Å². The molecule has 0 N–H and O–H groups in total. The predicted octanol–water partition coefficient (Wildman–Crippen LogP) is 1.39. The molecule has 1 unspecified atom stereocenters. The van der Waals surface area contributed by atoms with Crippen LogP contribution in [0.25, 0.3) is 0 Å². The van der Waals surface area contributed by atoms with Crippen molar-refractivity contribution in [3.8, 4) is 6.01 Å². The van der Waals surface area contributed by atoms with Gasteiger partial charge >= 0.3 is 6.01 Å². The third-order valence-corrected chi connectivity index (χ3v) is 2.46. The number of methoxy groups -OCH3 is 2. The largest absolute Gasteiger partial charge is 0.467 e. The number of hydrogen-bond acceptors (Lipinski definition) is 6. The van der Waals surface area contributed by atoms with Gasteiger partial charge < -0.3 is 14.4 Å². The number of halogens is 1. The maximum Gasteiger partial charge on any atom is 0.322 e. The lowest BCUT2D eigenvalue weighted by Crippen LogP contribution is -2.37. The Balaban J connectivity index is 2.98. The van der Waals surface area contributed by atoms with E-state index in [1.165, 1.54) is 7.11 Å². The van der Waals surface area contributed by atoms with E-state index in [2.05, 4.69) is 15.0 Å². The van der Waals surface area contributed by atoms with Crippen LogP contribution in [0.4, 0.5) is 5.95 Å². The van der Waals surface area contributed by atoms with Gasteiger partial charge in [-0.05, 0) is 25.4 Å². The van der Waals surface area contributed by atoms with Crippen molar-refractivity contribution in [2.45, 2.75) is 19.9 Å².